The molecule has 2 rings (SSSR count). The molecule has 0 saturated heterocycles. The van der Waals surface area contributed by atoms with Crippen molar-refractivity contribution in [1.29, 1.82) is 0 Å². The molecule has 2 N–H and O–H groups in total. The van der Waals surface area contributed by atoms with Gasteiger partial charge in [-0.05, 0) is 24.3 Å². The first-order chi connectivity index (χ1) is 9.63. The number of hydrogen-bond acceptors (Lipinski definition) is 4. The van der Waals surface area contributed by atoms with Gasteiger partial charge in [0.25, 0.3) is 5.91 Å². The molecule has 5 nitrogen and oxygen atoms in total. The lowest BCUT2D eigenvalue weighted by molar-refractivity contribution is 0.102. The number of methoxy groups -OCH3 is 1. The Kier molecular flexibility index (Phi) is 4.14. The molecular formula is C14H14FN3O2. The average molecular weight is 275 g/mol. The number of carbonyl (C=O) groups excluding carboxylic acids is 1. The summed E-state index contributed by atoms with van der Waals surface area (Å²) in [5.41, 5.74) is 1.45. The summed E-state index contributed by atoms with van der Waals surface area (Å²) in [5.74, 6) is -0.570. The summed E-state index contributed by atoms with van der Waals surface area (Å²) < 4.78 is 18.1. The monoisotopic (exact) mass is 275 g/mol. The summed E-state index contributed by atoms with van der Waals surface area (Å²) in [6.45, 7) is 0. The normalized spacial score (nSPS) is 9.95. The quantitative estimate of drug-likeness (QED) is 0.900. The van der Waals surface area contributed by atoms with E-state index in [1.165, 1.54) is 25.3 Å². The predicted molar refractivity (Wildman–Crippen MR) is 74.7 cm³/mol. The van der Waals surface area contributed by atoms with Crippen molar-refractivity contribution in [3.05, 3.63) is 48.0 Å². The zero-order valence-electron chi connectivity index (χ0n) is 11.1. The first-order valence-corrected chi connectivity index (χ1v) is 5.92. The highest BCUT2D eigenvalue weighted by Crippen LogP contribution is 2.25. The van der Waals surface area contributed by atoms with E-state index < -0.39 is 11.7 Å². The van der Waals surface area contributed by atoms with Crippen LogP contribution in [-0.4, -0.2) is 25.0 Å². The van der Waals surface area contributed by atoms with Crippen LogP contribution in [0.15, 0.2) is 36.5 Å². The van der Waals surface area contributed by atoms with Crippen molar-refractivity contribution >= 4 is 17.3 Å². The van der Waals surface area contributed by atoms with Gasteiger partial charge in [0.1, 0.15) is 17.3 Å². The number of aromatic nitrogens is 1. The van der Waals surface area contributed by atoms with Crippen LogP contribution in [0.5, 0.6) is 5.75 Å². The highest BCUT2D eigenvalue weighted by atomic mass is 19.1. The van der Waals surface area contributed by atoms with Gasteiger partial charge in [0.2, 0.25) is 0 Å². The third-order valence-electron chi connectivity index (χ3n) is 2.70. The number of carbonyl (C=O) groups is 1. The molecule has 1 aromatic heterocycles. The van der Waals surface area contributed by atoms with Gasteiger partial charge in [0.05, 0.1) is 24.7 Å². The number of hydrogen-bond donors (Lipinski definition) is 2. The number of nitrogens with zero attached hydrogens (tertiary/aromatic N) is 1. The summed E-state index contributed by atoms with van der Waals surface area (Å²) >= 11 is 0. The van der Waals surface area contributed by atoms with Crippen molar-refractivity contribution < 1.29 is 13.9 Å². The molecule has 0 fully saturated rings. The molecule has 0 aliphatic rings. The van der Waals surface area contributed by atoms with E-state index in [1.807, 2.05) is 0 Å². The number of rotatable bonds is 4. The molecule has 1 heterocycles. The molecular weight excluding hydrogens is 261 g/mol. The zero-order chi connectivity index (χ0) is 14.5. The van der Waals surface area contributed by atoms with Crippen molar-refractivity contribution in [3.8, 4) is 5.75 Å². The largest absolute Gasteiger partial charge is 0.494 e. The van der Waals surface area contributed by atoms with Crippen molar-refractivity contribution in [2.75, 3.05) is 24.8 Å². The second kappa shape index (κ2) is 6.01. The maximum Gasteiger partial charge on any atom is 0.274 e. The number of amides is 1. The van der Waals surface area contributed by atoms with E-state index >= 15 is 0 Å². The SMILES string of the molecule is CNc1ccc(C(=O)Nc2ccc(F)cc2OC)nc1. The van der Waals surface area contributed by atoms with Crippen LogP contribution in [0.25, 0.3) is 0 Å². The fourth-order valence-electron chi connectivity index (χ4n) is 1.63. The first-order valence-electron chi connectivity index (χ1n) is 5.92. The summed E-state index contributed by atoms with van der Waals surface area (Å²) in [7, 11) is 3.17. The topological polar surface area (TPSA) is 63.2 Å². The van der Waals surface area contributed by atoms with Crippen LogP contribution in [0.3, 0.4) is 0 Å². The minimum Gasteiger partial charge on any atom is -0.494 e. The number of anilines is 2. The van der Waals surface area contributed by atoms with Crippen LogP contribution in [0, 0.1) is 5.82 Å². The van der Waals surface area contributed by atoms with Crippen molar-refractivity contribution in [2.45, 2.75) is 0 Å². The third-order valence-corrected chi connectivity index (χ3v) is 2.70. The Morgan fingerprint density at radius 1 is 1.30 bits per heavy atom. The van der Waals surface area contributed by atoms with E-state index in [9.17, 15) is 9.18 Å². The van der Waals surface area contributed by atoms with Crippen molar-refractivity contribution in [3.63, 3.8) is 0 Å². The maximum absolute atomic E-state index is 13.1. The highest BCUT2D eigenvalue weighted by molar-refractivity contribution is 6.03. The number of halogens is 1. The Hall–Kier alpha value is -2.63. The zero-order valence-corrected chi connectivity index (χ0v) is 11.1. The van der Waals surface area contributed by atoms with Gasteiger partial charge in [0, 0.05) is 13.1 Å². The Balaban J connectivity index is 2.18. The van der Waals surface area contributed by atoms with Crippen LogP contribution in [0.2, 0.25) is 0 Å². The van der Waals surface area contributed by atoms with Crippen molar-refractivity contribution in [1.82, 2.24) is 4.98 Å². The second-order valence-electron chi connectivity index (χ2n) is 3.98. The number of ether oxygens (including phenoxy) is 1. The Bertz CT molecular complexity index is 614. The lowest BCUT2D eigenvalue weighted by Crippen LogP contribution is -2.14. The average Bonchev–Trinajstić information content (AvgIpc) is 2.49. The van der Waals surface area contributed by atoms with Gasteiger partial charge in [0.15, 0.2) is 0 Å². The lowest BCUT2D eigenvalue weighted by atomic mass is 10.2. The summed E-state index contributed by atoms with van der Waals surface area (Å²) in [6, 6.07) is 7.22. The van der Waals surface area contributed by atoms with Crippen LogP contribution < -0.4 is 15.4 Å². The van der Waals surface area contributed by atoms with E-state index in [4.69, 9.17) is 4.74 Å². The van der Waals surface area contributed by atoms with Gasteiger partial charge in [-0.3, -0.25) is 4.79 Å². The van der Waals surface area contributed by atoms with E-state index in [2.05, 4.69) is 15.6 Å². The van der Waals surface area contributed by atoms with Crippen LogP contribution in [-0.2, 0) is 0 Å². The van der Waals surface area contributed by atoms with Gasteiger partial charge in [-0.25, -0.2) is 9.37 Å². The van der Waals surface area contributed by atoms with E-state index in [0.717, 1.165) is 5.69 Å². The summed E-state index contributed by atoms with van der Waals surface area (Å²) in [6.07, 6.45) is 1.55. The molecule has 0 atom stereocenters. The lowest BCUT2D eigenvalue weighted by Gasteiger charge is -2.10. The number of pyridine rings is 1. The smallest absolute Gasteiger partial charge is 0.274 e. The van der Waals surface area contributed by atoms with E-state index in [0.29, 0.717) is 5.69 Å². The molecule has 6 heteroatoms. The third kappa shape index (κ3) is 3.03. The fourth-order valence-corrected chi connectivity index (χ4v) is 1.63. The molecule has 0 aliphatic carbocycles. The number of benzene rings is 1. The minimum atomic E-state index is -0.434. The molecule has 104 valence electrons. The molecule has 0 bridgehead atoms. The minimum absolute atomic E-state index is 0.255. The Morgan fingerprint density at radius 2 is 2.10 bits per heavy atom. The molecule has 20 heavy (non-hydrogen) atoms. The number of nitrogens with one attached hydrogen (secondary N) is 2. The molecule has 0 saturated carbocycles. The highest BCUT2D eigenvalue weighted by Gasteiger charge is 2.11. The van der Waals surface area contributed by atoms with Gasteiger partial charge < -0.3 is 15.4 Å². The van der Waals surface area contributed by atoms with Gasteiger partial charge in [-0.2, -0.15) is 0 Å². The van der Waals surface area contributed by atoms with E-state index in [-0.39, 0.29) is 11.4 Å². The molecule has 1 amide bonds. The Labute approximate surface area is 115 Å². The summed E-state index contributed by atoms with van der Waals surface area (Å²) in [5, 5.41) is 5.54. The van der Waals surface area contributed by atoms with Gasteiger partial charge in [-0.15, -0.1) is 0 Å². The molecule has 2 aromatic rings. The summed E-state index contributed by atoms with van der Waals surface area (Å²) in [4.78, 5) is 16.1. The van der Waals surface area contributed by atoms with Crippen LogP contribution in [0.4, 0.5) is 15.8 Å². The predicted octanol–water partition coefficient (Wildman–Crippen LogP) is 2.52. The molecule has 0 radical (unpaired) electrons. The van der Waals surface area contributed by atoms with Crippen molar-refractivity contribution in [2.24, 2.45) is 0 Å². The second-order valence-corrected chi connectivity index (χ2v) is 3.98. The van der Waals surface area contributed by atoms with Crippen LogP contribution in [0.1, 0.15) is 10.5 Å². The first kappa shape index (κ1) is 13.8. The maximum atomic E-state index is 13.1. The molecule has 0 aliphatic heterocycles. The van der Waals surface area contributed by atoms with Gasteiger partial charge in [-0.1, -0.05) is 0 Å². The molecule has 0 spiro atoms. The van der Waals surface area contributed by atoms with E-state index in [1.54, 1.807) is 25.4 Å². The molecule has 0 unspecified atom stereocenters. The standard InChI is InChI=1S/C14H14FN3O2/c1-16-10-4-6-12(17-8-10)14(19)18-11-5-3-9(15)7-13(11)20-2/h3-8,16H,1-2H3,(H,18,19). The fraction of sp³-hybridized carbons (Fsp3) is 0.143. The van der Waals surface area contributed by atoms with Crippen LogP contribution >= 0.6 is 0 Å². The van der Waals surface area contributed by atoms with Gasteiger partial charge >= 0.3 is 0 Å². The Morgan fingerprint density at radius 3 is 2.70 bits per heavy atom. The molecule has 1 aromatic carbocycles.